The van der Waals surface area contributed by atoms with Crippen molar-refractivity contribution < 1.29 is 4.39 Å². The average molecular weight is 393 g/mol. The van der Waals surface area contributed by atoms with E-state index in [1.807, 2.05) is 6.92 Å². The summed E-state index contributed by atoms with van der Waals surface area (Å²) in [6.45, 7) is 19.0. The van der Waals surface area contributed by atoms with Gasteiger partial charge in [-0.2, -0.15) is 0 Å². The quantitative estimate of drug-likeness (QED) is 0.557. The number of rotatable bonds is 4. The van der Waals surface area contributed by atoms with Gasteiger partial charge in [0.15, 0.2) is 5.83 Å². The van der Waals surface area contributed by atoms with Crippen molar-refractivity contribution in [2.75, 3.05) is 0 Å². The Morgan fingerprint density at radius 3 is 2.69 bits per heavy atom. The minimum Gasteiger partial charge on any atom is -0.339 e. The van der Waals surface area contributed by atoms with Gasteiger partial charge >= 0.3 is 0 Å². The second kappa shape index (κ2) is 6.97. The van der Waals surface area contributed by atoms with E-state index >= 15 is 4.39 Å². The zero-order valence-electron chi connectivity index (χ0n) is 18.5. The van der Waals surface area contributed by atoms with E-state index in [-0.39, 0.29) is 17.3 Å². The summed E-state index contributed by atoms with van der Waals surface area (Å²) in [7, 11) is 0. The van der Waals surface area contributed by atoms with E-state index in [1.54, 1.807) is 0 Å². The lowest BCUT2D eigenvalue weighted by atomic mass is 9.76. The zero-order valence-corrected chi connectivity index (χ0v) is 18.5. The van der Waals surface area contributed by atoms with Crippen LogP contribution in [0, 0.1) is 5.41 Å². The number of nitrogens with zero attached hydrogens (tertiary/aromatic N) is 2. The van der Waals surface area contributed by atoms with Gasteiger partial charge in [0.2, 0.25) is 0 Å². The molecule has 1 aromatic heterocycles. The highest BCUT2D eigenvalue weighted by Crippen LogP contribution is 2.57. The minimum absolute atomic E-state index is 0.0948. The Balaban J connectivity index is 2.00. The molecule has 1 aromatic rings. The largest absolute Gasteiger partial charge is 0.339 e. The molecular weight excluding hydrogens is 359 g/mol. The second-order valence-corrected chi connectivity index (χ2v) is 9.59. The first-order chi connectivity index (χ1) is 13.7. The fraction of sp³-hybridized carbons (Fsp3) is 0.500. The van der Waals surface area contributed by atoms with Crippen molar-refractivity contribution in [2.45, 2.75) is 78.7 Å². The first kappa shape index (κ1) is 20.1. The fourth-order valence-electron chi connectivity index (χ4n) is 5.62. The zero-order chi connectivity index (χ0) is 21.1. The van der Waals surface area contributed by atoms with Crippen LogP contribution in [0.1, 0.15) is 82.3 Å². The number of fused-ring (bicyclic) bond motifs is 6. The molecule has 0 radical (unpaired) electrons. The maximum absolute atomic E-state index is 15.8. The van der Waals surface area contributed by atoms with E-state index in [0.29, 0.717) is 17.2 Å². The van der Waals surface area contributed by atoms with E-state index in [9.17, 15) is 0 Å². The average Bonchev–Trinajstić information content (AvgIpc) is 2.99. The Hall–Kier alpha value is -2.16. The third kappa shape index (κ3) is 2.93. The number of allylic oxidation sites excluding steroid dienone is 4. The topological polar surface area (TPSA) is 16.1 Å². The van der Waals surface area contributed by atoms with Gasteiger partial charge in [0, 0.05) is 35.0 Å². The van der Waals surface area contributed by atoms with Gasteiger partial charge in [-0.3, -0.25) is 4.98 Å². The third-order valence-corrected chi connectivity index (χ3v) is 7.06. The monoisotopic (exact) mass is 392 g/mol. The van der Waals surface area contributed by atoms with Gasteiger partial charge in [-0.25, -0.2) is 4.39 Å². The van der Waals surface area contributed by atoms with Crippen molar-refractivity contribution in [1.82, 2.24) is 9.88 Å². The molecule has 29 heavy (non-hydrogen) atoms. The van der Waals surface area contributed by atoms with Crippen LogP contribution < -0.4 is 0 Å². The number of hydrogen-bond donors (Lipinski definition) is 0. The van der Waals surface area contributed by atoms with Crippen molar-refractivity contribution in [3.63, 3.8) is 0 Å². The molecule has 3 heterocycles. The summed E-state index contributed by atoms with van der Waals surface area (Å²) in [5.41, 5.74) is 7.31. The van der Waals surface area contributed by atoms with E-state index in [2.05, 4.69) is 58.0 Å². The Labute approximate surface area is 174 Å². The molecule has 2 aliphatic heterocycles. The van der Waals surface area contributed by atoms with Crippen LogP contribution in [-0.4, -0.2) is 15.9 Å². The normalized spacial score (nSPS) is 24.8. The smallest absolute Gasteiger partial charge is 0.156 e. The molecule has 154 valence electrons. The van der Waals surface area contributed by atoms with Gasteiger partial charge in [0.1, 0.15) is 5.70 Å². The summed E-state index contributed by atoms with van der Waals surface area (Å²) in [6.07, 6.45) is 7.32. The molecular formula is C26H33FN2. The first-order valence-electron chi connectivity index (χ1n) is 11.0. The van der Waals surface area contributed by atoms with Gasteiger partial charge in [-0.15, -0.1) is 0 Å². The van der Waals surface area contributed by atoms with E-state index < -0.39 is 0 Å². The molecule has 4 rings (SSSR count). The number of hydrogen-bond acceptors (Lipinski definition) is 2. The van der Waals surface area contributed by atoms with Crippen LogP contribution >= 0.6 is 0 Å². The van der Waals surface area contributed by atoms with Gasteiger partial charge in [0.25, 0.3) is 0 Å². The number of halogens is 1. The summed E-state index contributed by atoms with van der Waals surface area (Å²) in [4.78, 5) is 7.25. The molecule has 1 aliphatic carbocycles. The molecule has 3 heteroatoms. The van der Waals surface area contributed by atoms with Crippen molar-refractivity contribution >= 4 is 5.70 Å². The van der Waals surface area contributed by atoms with Crippen LogP contribution in [0.5, 0.6) is 0 Å². The molecule has 2 atom stereocenters. The molecule has 0 saturated heterocycles. The van der Waals surface area contributed by atoms with E-state index in [1.165, 1.54) is 11.1 Å². The summed E-state index contributed by atoms with van der Waals surface area (Å²) in [5, 5.41) is 0. The SMILES string of the molecule is C=C(C)C1=CN2C(=C(F)C1=C)c1nc(CC)c(CCC)cc1C1CCC(C)(C)C12. The molecule has 0 bridgehead atoms. The number of pyridine rings is 1. The molecule has 0 amide bonds. The lowest BCUT2D eigenvalue weighted by Gasteiger charge is -2.47. The molecule has 2 unspecified atom stereocenters. The molecule has 1 saturated carbocycles. The molecule has 2 nitrogen and oxygen atoms in total. The third-order valence-electron chi connectivity index (χ3n) is 7.06. The summed E-state index contributed by atoms with van der Waals surface area (Å²) in [6, 6.07) is 2.57. The fourth-order valence-corrected chi connectivity index (χ4v) is 5.62. The second-order valence-electron chi connectivity index (χ2n) is 9.59. The molecule has 0 N–H and O–H groups in total. The summed E-state index contributed by atoms with van der Waals surface area (Å²) in [5.74, 6) is 0.130. The first-order valence-corrected chi connectivity index (χ1v) is 11.0. The highest BCUT2D eigenvalue weighted by molar-refractivity contribution is 5.78. The van der Waals surface area contributed by atoms with Gasteiger partial charge in [-0.1, -0.05) is 53.3 Å². The van der Waals surface area contributed by atoms with Crippen LogP contribution in [0.15, 0.2) is 48.0 Å². The van der Waals surface area contributed by atoms with Crippen molar-refractivity contribution in [3.8, 4) is 0 Å². The number of aryl methyl sites for hydroxylation is 2. The van der Waals surface area contributed by atoms with Crippen molar-refractivity contribution in [3.05, 3.63) is 70.5 Å². The van der Waals surface area contributed by atoms with Crippen LogP contribution in [0.3, 0.4) is 0 Å². The van der Waals surface area contributed by atoms with Crippen molar-refractivity contribution in [2.24, 2.45) is 5.41 Å². The van der Waals surface area contributed by atoms with Gasteiger partial charge in [-0.05, 0) is 54.7 Å². The maximum Gasteiger partial charge on any atom is 0.156 e. The van der Waals surface area contributed by atoms with Crippen LogP contribution in [0.4, 0.5) is 4.39 Å². The maximum atomic E-state index is 15.8. The Morgan fingerprint density at radius 1 is 1.34 bits per heavy atom. The van der Waals surface area contributed by atoms with Crippen LogP contribution in [0.25, 0.3) is 5.70 Å². The van der Waals surface area contributed by atoms with Gasteiger partial charge in [0.05, 0.1) is 5.69 Å². The minimum atomic E-state index is -0.245. The Bertz CT molecular complexity index is 963. The predicted octanol–water partition coefficient (Wildman–Crippen LogP) is 6.85. The molecule has 0 aromatic carbocycles. The van der Waals surface area contributed by atoms with Crippen LogP contribution in [0.2, 0.25) is 0 Å². The predicted molar refractivity (Wildman–Crippen MR) is 119 cm³/mol. The lowest BCUT2D eigenvalue weighted by molar-refractivity contribution is 0.191. The number of aromatic nitrogens is 1. The molecule has 0 spiro atoms. The van der Waals surface area contributed by atoms with E-state index in [4.69, 9.17) is 4.98 Å². The van der Waals surface area contributed by atoms with Crippen molar-refractivity contribution in [1.29, 1.82) is 0 Å². The van der Waals surface area contributed by atoms with Gasteiger partial charge < -0.3 is 4.90 Å². The summed E-state index contributed by atoms with van der Waals surface area (Å²) >= 11 is 0. The highest BCUT2D eigenvalue weighted by atomic mass is 19.1. The molecule has 3 aliphatic rings. The Morgan fingerprint density at radius 2 is 2.07 bits per heavy atom. The lowest BCUT2D eigenvalue weighted by Crippen LogP contribution is -2.46. The van der Waals surface area contributed by atoms with E-state index in [0.717, 1.165) is 54.6 Å². The Kier molecular flexibility index (Phi) is 4.83. The highest BCUT2D eigenvalue weighted by Gasteiger charge is 2.52. The standard InChI is InChI=1S/C26H33FN2/c1-8-10-17-13-19-18-11-12-26(6,7)25(18)29-14-20(15(3)4)16(5)22(27)24(29)23(19)28-21(17)9-2/h13-14,18,25H,3,5,8-12H2,1-2,4,6-7H3. The molecule has 1 fully saturated rings. The van der Waals surface area contributed by atoms with Crippen LogP contribution in [-0.2, 0) is 12.8 Å². The summed E-state index contributed by atoms with van der Waals surface area (Å²) < 4.78 is 15.8.